The molecule has 0 amide bonds. The Bertz CT molecular complexity index is 52.1. The number of hydrogen-bond acceptors (Lipinski definition) is 3. The lowest BCUT2D eigenvalue weighted by Crippen LogP contribution is -2.29. The van der Waals surface area contributed by atoms with Gasteiger partial charge in [-0.15, -0.1) is 0 Å². The monoisotopic (exact) mass is 102 g/mol. The Balaban J connectivity index is 2.12. The van der Waals surface area contributed by atoms with Gasteiger partial charge in [-0.1, -0.05) is 0 Å². The first kappa shape index (κ1) is 5.09. The summed E-state index contributed by atoms with van der Waals surface area (Å²) in [5.41, 5.74) is 0. The molecule has 1 aliphatic rings. The van der Waals surface area contributed by atoms with E-state index in [1.807, 2.05) is 0 Å². The smallest absolute Gasteiger partial charge is 0.402 e. The topological polar surface area (TPSA) is 38.7 Å². The lowest BCUT2D eigenvalue weighted by Gasteiger charge is -2.12. The highest BCUT2D eigenvalue weighted by atomic mass is 16.7. The van der Waals surface area contributed by atoms with Gasteiger partial charge in [0.25, 0.3) is 0 Å². The summed E-state index contributed by atoms with van der Waals surface area (Å²) >= 11 is 0. The van der Waals surface area contributed by atoms with Crippen LogP contribution in [0.25, 0.3) is 0 Å². The minimum absolute atomic E-state index is 0.612. The molecule has 3 nitrogen and oxygen atoms in total. The normalized spacial score (nSPS) is 22.7. The Hall–Kier alpha value is -0.0551. The zero-order valence-electron chi connectivity index (χ0n) is 3.96. The second-order valence-corrected chi connectivity index (χ2v) is 1.40. The van der Waals surface area contributed by atoms with Gasteiger partial charge < -0.3 is 14.3 Å². The number of hydrogen-bond donors (Lipinski definition) is 1. The van der Waals surface area contributed by atoms with Crippen LogP contribution in [-0.2, 0) is 9.31 Å². The third kappa shape index (κ3) is 1.47. The van der Waals surface area contributed by atoms with Gasteiger partial charge in [0.15, 0.2) is 0 Å². The molecule has 0 bridgehead atoms. The highest BCUT2D eigenvalue weighted by Crippen LogP contribution is 1.95. The summed E-state index contributed by atoms with van der Waals surface area (Å²) in [7, 11) is -0.964. The van der Waals surface area contributed by atoms with Gasteiger partial charge in [0.2, 0.25) is 0 Å². The maximum Gasteiger partial charge on any atom is 0.636 e. The molecule has 0 aromatic rings. The molecular formula is C3H7BO3. The first-order valence-corrected chi connectivity index (χ1v) is 2.31. The van der Waals surface area contributed by atoms with Crippen molar-refractivity contribution in [2.75, 3.05) is 13.2 Å². The lowest BCUT2D eigenvalue weighted by molar-refractivity contribution is 0.0824. The maximum atomic E-state index is 8.46. The summed E-state index contributed by atoms with van der Waals surface area (Å²) in [5, 5.41) is 8.46. The summed E-state index contributed by atoms with van der Waals surface area (Å²) in [6.07, 6.45) is 0.886. The van der Waals surface area contributed by atoms with Gasteiger partial charge in [0.1, 0.15) is 0 Å². The van der Waals surface area contributed by atoms with Gasteiger partial charge in [-0.3, -0.25) is 0 Å². The fraction of sp³-hybridized carbons (Fsp3) is 1.00. The summed E-state index contributed by atoms with van der Waals surface area (Å²) in [6.45, 7) is 1.22. The molecule has 0 atom stereocenters. The third-order valence-corrected chi connectivity index (χ3v) is 0.810. The quantitative estimate of drug-likeness (QED) is 0.415. The van der Waals surface area contributed by atoms with Gasteiger partial charge in [-0.2, -0.15) is 0 Å². The minimum atomic E-state index is -0.964. The van der Waals surface area contributed by atoms with Crippen molar-refractivity contribution >= 4 is 7.32 Å². The van der Waals surface area contributed by atoms with Crippen LogP contribution in [0.5, 0.6) is 0 Å². The van der Waals surface area contributed by atoms with Crippen LogP contribution in [0.3, 0.4) is 0 Å². The Morgan fingerprint density at radius 1 is 1.29 bits per heavy atom. The zero-order chi connectivity index (χ0) is 5.11. The van der Waals surface area contributed by atoms with E-state index >= 15 is 0 Å². The van der Waals surface area contributed by atoms with Crippen LogP contribution in [0, 0.1) is 0 Å². The van der Waals surface area contributed by atoms with E-state index in [0.717, 1.165) is 6.42 Å². The molecule has 4 heteroatoms. The standard InChI is InChI=1S/C3H7BO3/c5-4-6-2-1-3-7-4/h5H,1-3H2. The van der Waals surface area contributed by atoms with Crippen LogP contribution in [0.15, 0.2) is 0 Å². The van der Waals surface area contributed by atoms with E-state index in [4.69, 9.17) is 5.02 Å². The van der Waals surface area contributed by atoms with Crippen molar-refractivity contribution in [2.45, 2.75) is 6.42 Å². The van der Waals surface area contributed by atoms with Crippen LogP contribution in [0.4, 0.5) is 0 Å². The summed E-state index contributed by atoms with van der Waals surface area (Å²) < 4.78 is 9.22. The second kappa shape index (κ2) is 2.30. The van der Waals surface area contributed by atoms with E-state index < -0.39 is 7.32 Å². The van der Waals surface area contributed by atoms with Crippen molar-refractivity contribution in [3.63, 3.8) is 0 Å². The van der Waals surface area contributed by atoms with E-state index in [0.29, 0.717) is 13.2 Å². The van der Waals surface area contributed by atoms with Gasteiger partial charge in [0.05, 0.1) is 0 Å². The van der Waals surface area contributed by atoms with Crippen LogP contribution in [-0.4, -0.2) is 25.6 Å². The van der Waals surface area contributed by atoms with Crippen molar-refractivity contribution in [1.29, 1.82) is 0 Å². The van der Waals surface area contributed by atoms with E-state index in [1.54, 1.807) is 0 Å². The summed E-state index contributed by atoms with van der Waals surface area (Å²) in [4.78, 5) is 0. The van der Waals surface area contributed by atoms with Gasteiger partial charge in [-0.05, 0) is 6.42 Å². The number of rotatable bonds is 0. The molecule has 0 radical (unpaired) electrons. The Morgan fingerprint density at radius 3 is 2.14 bits per heavy atom. The second-order valence-electron chi connectivity index (χ2n) is 1.40. The Morgan fingerprint density at radius 2 is 1.86 bits per heavy atom. The zero-order valence-corrected chi connectivity index (χ0v) is 3.96. The average molecular weight is 102 g/mol. The van der Waals surface area contributed by atoms with Gasteiger partial charge in [0, 0.05) is 13.2 Å². The summed E-state index contributed by atoms with van der Waals surface area (Å²) in [5.74, 6) is 0. The summed E-state index contributed by atoms with van der Waals surface area (Å²) in [6, 6.07) is 0. The predicted molar refractivity (Wildman–Crippen MR) is 24.5 cm³/mol. The maximum absolute atomic E-state index is 8.46. The highest BCUT2D eigenvalue weighted by Gasteiger charge is 2.18. The molecule has 0 spiro atoms. The first-order valence-electron chi connectivity index (χ1n) is 2.31. The SMILES string of the molecule is OB1OCCCO1. The largest absolute Gasteiger partial charge is 0.636 e. The molecule has 1 fully saturated rings. The van der Waals surface area contributed by atoms with Crippen molar-refractivity contribution in [3.8, 4) is 0 Å². The highest BCUT2D eigenvalue weighted by molar-refractivity contribution is 6.34. The molecule has 40 valence electrons. The Kier molecular flexibility index (Phi) is 1.67. The molecule has 7 heavy (non-hydrogen) atoms. The molecule has 1 N–H and O–H groups in total. The van der Waals surface area contributed by atoms with Crippen molar-refractivity contribution in [1.82, 2.24) is 0 Å². The van der Waals surface area contributed by atoms with Crippen LogP contribution < -0.4 is 0 Å². The van der Waals surface area contributed by atoms with E-state index in [9.17, 15) is 0 Å². The van der Waals surface area contributed by atoms with Gasteiger partial charge in [-0.25, -0.2) is 0 Å². The molecule has 0 aromatic carbocycles. The van der Waals surface area contributed by atoms with E-state index in [2.05, 4.69) is 9.31 Å². The molecule has 1 aliphatic heterocycles. The molecule has 1 rings (SSSR count). The van der Waals surface area contributed by atoms with Crippen molar-refractivity contribution in [3.05, 3.63) is 0 Å². The van der Waals surface area contributed by atoms with Crippen LogP contribution >= 0.6 is 0 Å². The molecule has 0 aliphatic carbocycles. The van der Waals surface area contributed by atoms with E-state index in [-0.39, 0.29) is 0 Å². The van der Waals surface area contributed by atoms with Crippen molar-refractivity contribution in [2.24, 2.45) is 0 Å². The molecule has 1 heterocycles. The van der Waals surface area contributed by atoms with Crippen LogP contribution in [0.2, 0.25) is 0 Å². The molecule has 0 aromatic heterocycles. The fourth-order valence-electron chi connectivity index (χ4n) is 0.475. The lowest BCUT2D eigenvalue weighted by atomic mass is 10.2. The van der Waals surface area contributed by atoms with Crippen molar-refractivity contribution < 1.29 is 14.3 Å². The predicted octanol–water partition coefficient (Wildman–Crippen LogP) is -0.600. The van der Waals surface area contributed by atoms with Gasteiger partial charge >= 0.3 is 7.32 Å². The molecule has 0 unspecified atom stereocenters. The average Bonchev–Trinajstić information content (AvgIpc) is 1.69. The Labute approximate surface area is 42.4 Å². The molecule has 1 saturated heterocycles. The van der Waals surface area contributed by atoms with Crippen LogP contribution in [0.1, 0.15) is 6.42 Å². The first-order chi connectivity index (χ1) is 3.39. The minimum Gasteiger partial charge on any atom is -0.402 e. The molecule has 0 saturated carbocycles. The van der Waals surface area contributed by atoms with E-state index in [1.165, 1.54) is 0 Å². The molecular weight excluding hydrogens is 94.8 g/mol. The fourth-order valence-corrected chi connectivity index (χ4v) is 0.475. The third-order valence-electron chi connectivity index (χ3n) is 0.810.